The molecular formula is C20H18F2N6O2. The first-order valence-electron chi connectivity index (χ1n) is 9.40. The van der Waals surface area contributed by atoms with Gasteiger partial charge in [-0.2, -0.15) is 0 Å². The summed E-state index contributed by atoms with van der Waals surface area (Å²) in [6, 6.07) is 3.62. The van der Waals surface area contributed by atoms with Gasteiger partial charge in [0, 0.05) is 24.9 Å². The van der Waals surface area contributed by atoms with Crippen molar-refractivity contribution in [1.29, 1.82) is 0 Å². The molecule has 0 radical (unpaired) electrons. The maximum Gasteiger partial charge on any atom is 0.273 e. The van der Waals surface area contributed by atoms with Crippen molar-refractivity contribution in [3.63, 3.8) is 0 Å². The highest BCUT2D eigenvalue weighted by molar-refractivity contribution is 5.93. The van der Waals surface area contributed by atoms with Gasteiger partial charge in [0.2, 0.25) is 0 Å². The molecule has 0 fully saturated rings. The van der Waals surface area contributed by atoms with E-state index in [1.165, 1.54) is 23.2 Å². The number of hydrogen-bond donors (Lipinski definition) is 1. The van der Waals surface area contributed by atoms with Gasteiger partial charge >= 0.3 is 0 Å². The van der Waals surface area contributed by atoms with Crippen molar-refractivity contribution in [2.45, 2.75) is 38.3 Å². The molecule has 1 unspecified atom stereocenters. The second-order valence-corrected chi connectivity index (χ2v) is 7.28. The quantitative estimate of drug-likeness (QED) is 0.708. The Balaban J connectivity index is 1.78. The Kier molecular flexibility index (Phi) is 5.06. The fourth-order valence-electron chi connectivity index (χ4n) is 3.59. The minimum absolute atomic E-state index is 0.276. The molecule has 0 spiro atoms. The molecule has 4 heterocycles. The molecule has 154 valence electrons. The van der Waals surface area contributed by atoms with E-state index in [-0.39, 0.29) is 5.56 Å². The van der Waals surface area contributed by atoms with E-state index in [2.05, 4.69) is 25.3 Å². The zero-order chi connectivity index (χ0) is 21.3. The predicted molar refractivity (Wildman–Crippen MR) is 102 cm³/mol. The monoisotopic (exact) mass is 412 g/mol. The van der Waals surface area contributed by atoms with Gasteiger partial charge < -0.3 is 5.32 Å². The lowest BCUT2D eigenvalue weighted by Gasteiger charge is -2.30. The average Bonchev–Trinajstić information content (AvgIpc) is 2.88. The maximum absolute atomic E-state index is 14.1. The number of carbonyl (C=O) groups is 1. The van der Waals surface area contributed by atoms with Crippen molar-refractivity contribution >= 4 is 5.91 Å². The van der Waals surface area contributed by atoms with Crippen LogP contribution in [0.3, 0.4) is 0 Å². The van der Waals surface area contributed by atoms with Crippen LogP contribution < -0.4 is 10.9 Å². The Morgan fingerprint density at radius 2 is 2.03 bits per heavy atom. The van der Waals surface area contributed by atoms with Gasteiger partial charge in [-0.1, -0.05) is 0 Å². The molecule has 0 aromatic carbocycles. The molecule has 0 saturated heterocycles. The number of nitrogens with zero attached hydrogens (tertiary/aromatic N) is 5. The molecule has 10 heteroatoms. The molecule has 3 aromatic rings. The van der Waals surface area contributed by atoms with E-state index < -0.39 is 28.8 Å². The van der Waals surface area contributed by atoms with Crippen LogP contribution in [0.25, 0.3) is 11.4 Å². The summed E-state index contributed by atoms with van der Waals surface area (Å²) in [5.74, 6) is -2.41. The third-order valence-electron chi connectivity index (χ3n) is 5.07. The number of rotatable bonds is 3. The predicted octanol–water partition coefficient (Wildman–Crippen LogP) is 2.20. The molecule has 0 saturated carbocycles. The van der Waals surface area contributed by atoms with Crippen LogP contribution in [0.2, 0.25) is 0 Å². The molecule has 1 aliphatic rings. The van der Waals surface area contributed by atoms with Crippen molar-refractivity contribution in [1.82, 2.24) is 29.8 Å². The van der Waals surface area contributed by atoms with Crippen molar-refractivity contribution in [3.05, 3.63) is 70.4 Å². The molecule has 4 rings (SSSR count). The Hall–Kier alpha value is -3.56. The molecule has 0 aliphatic carbocycles. The van der Waals surface area contributed by atoms with E-state index in [0.717, 1.165) is 12.6 Å². The van der Waals surface area contributed by atoms with Crippen molar-refractivity contribution in [3.8, 4) is 11.4 Å². The van der Waals surface area contributed by atoms with E-state index in [1.54, 1.807) is 13.0 Å². The van der Waals surface area contributed by atoms with Crippen LogP contribution in [0, 0.1) is 11.6 Å². The van der Waals surface area contributed by atoms with E-state index >= 15 is 0 Å². The molecular weight excluding hydrogens is 394 g/mol. The lowest BCUT2D eigenvalue weighted by Crippen LogP contribution is -2.47. The molecule has 0 bridgehead atoms. The zero-order valence-corrected chi connectivity index (χ0v) is 16.1. The standard InChI is InChI=1S/C20H18F2N6O2/c1-20(27-18(30)17-13(22)8-12(21)10-24-17)5-2-3-7-28-16(29)9-15(26-19(20)28)14-4-6-23-11-25-14/h4,6,8-11H,2-3,5,7H2,1H3,(H,27,30). The Morgan fingerprint density at radius 1 is 1.20 bits per heavy atom. The summed E-state index contributed by atoms with van der Waals surface area (Å²) in [5, 5.41) is 2.76. The highest BCUT2D eigenvalue weighted by atomic mass is 19.1. The maximum atomic E-state index is 14.1. The Labute approximate surface area is 170 Å². The van der Waals surface area contributed by atoms with Gasteiger partial charge in [0.15, 0.2) is 11.5 Å². The molecule has 1 aliphatic heterocycles. The summed E-state index contributed by atoms with van der Waals surface area (Å²) in [5.41, 5.74) is -1.06. The summed E-state index contributed by atoms with van der Waals surface area (Å²) in [6.07, 6.45) is 5.57. The summed E-state index contributed by atoms with van der Waals surface area (Å²) in [4.78, 5) is 41.7. The first-order chi connectivity index (χ1) is 14.4. The Bertz CT molecular complexity index is 1170. The Morgan fingerprint density at radius 3 is 2.77 bits per heavy atom. The van der Waals surface area contributed by atoms with Crippen LogP contribution >= 0.6 is 0 Å². The molecule has 30 heavy (non-hydrogen) atoms. The smallest absolute Gasteiger partial charge is 0.273 e. The van der Waals surface area contributed by atoms with Crippen LogP contribution in [0.5, 0.6) is 0 Å². The number of fused-ring (bicyclic) bond motifs is 1. The third kappa shape index (κ3) is 3.68. The lowest BCUT2D eigenvalue weighted by molar-refractivity contribution is 0.0884. The molecule has 1 atom stereocenters. The second-order valence-electron chi connectivity index (χ2n) is 7.28. The SMILES string of the molecule is CC1(NC(=O)c2ncc(F)cc2F)CCCCn2c1nc(-c1ccncn1)cc2=O. The number of nitrogens with one attached hydrogen (secondary N) is 1. The zero-order valence-electron chi connectivity index (χ0n) is 16.1. The molecule has 1 amide bonds. The van der Waals surface area contributed by atoms with Crippen molar-refractivity contribution in [2.75, 3.05) is 0 Å². The van der Waals surface area contributed by atoms with Crippen LogP contribution in [0.15, 0.2) is 41.7 Å². The summed E-state index contributed by atoms with van der Waals surface area (Å²) >= 11 is 0. The van der Waals surface area contributed by atoms with E-state index in [4.69, 9.17) is 0 Å². The number of halogens is 2. The summed E-state index contributed by atoms with van der Waals surface area (Å²) in [7, 11) is 0. The van der Waals surface area contributed by atoms with Gasteiger partial charge in [0.25, 0.3) is 11.5 Å². The second kappa shape index (κ2) is 7.69. The minimum atomic E-state index is -1.07. The first kappa shape index (κ1) is 19.7. The van der Waals surface area contributed by atoms with Crippen LogP contribution in [0.4, 0.5) is 8.78 Å². The van der Waals surface area contributed by atoms with Gasteiger partial charge in [0.05, 0.1) is 23.1 Å². The number of carbonyl (C=O) groups excluding carboxylic acids is 1. The van der Waals surface area contributed by atoms with Gasteiger partial charge in [-0.15, -0.1) is 0 Å². The van der Waals surface area contributed by atoms with E-state index in [0.29, 0.717) is 42.7 Å². The van der Waals surface area contributed by atoms with E-state index in [9.17, 15) is 18.4 Å². The first-order valence-corrected chi connectivity index (χ1v) is 9.40. The fraction of sp³-hybridized carbons (Fsp3) is 0.300. The third-order valence-corrected chi connectivity index (χ3v) is 5.07. The molecule has 8 nitrogen and oxygen atoms in total. The normalized spacial score (nSPS) is 18.4. The highest BCUT2D eigenvalue weighted by Gasteiger charge is 2.36. The van der Waals surface area contributed by atoms with Crippen molar-refractivity contribution < 1.29 is 13.6 Å². The lowest BCUT2D eigenvalue weighted by atomic mass is 9.94. The van der Waals surface area contributed by atoms with Crippen LogP contribution in [-0.2, 0) is 12.1 Å². The van der Waals surface area contributed by atoms with E-state index in [1.807, 2.05) is 0 Å². The summed E-state index contributed by atoms with van der Waals surface area (Å²) in [6.45, 7) is 2.17. The molecule has 3 aromatic heterocycles. The van der Waals surface area contributed by atoms with Crippen LogP contribution in [0.1, 0.15) is 42.5 Å². The number of pyridine rings is 1. The topological polar surface area (TPSA) is 103 Å². The van der Waals surface area contributed by atoms with Gasteiger partial charge in [-0.25, -0.2) is 28.7 Å². The van der Waals surface area contributed by atoms with Crippen LogP contribution in [-0.4, -0.2) is 30.4 Å². The number of hydrogen-bond acceptors (Lipinski definition) is 6. The average molecular weight is 412 g/mol. The fourth-order valence-corrected chi connectivity index (χ4v) is 3.59. The summed E-state index contributed by atoms with van der Waals surface area (Å²) < 4.78 is 28.7. The van der Waals surface area contributed by atoms with Gasteiger partial charge in [-0.05, 0) is 32.3 Å². The van der Waals surface area contributed by atoms with Gasteiger partial charge in [0.1, 0.15) is 18.0 Å². The van der Waals surface area contributed by atoms with Gasteiger partial charge in [-0.3, -0.25) is 14.2 Å². The number of aromatic nitrogens is 5. The molecule has 1 N–H and O–H groups in total. The largest absolute Gasteiger partial charge is 0.338 e. The minimum Gasteiger partial charge on any atom is -0.338 e. The number of amides is 1. The van der Waals surface area contributed by atoms with Crippen molar-refractivity contribution in [2.24, 2.45) is 0 Å². The highest BCUT2D eigenvalue weighted by Crippen LogP contribution is 2.30.